The molecule has 1 aromatic carbocycles. The molecule has 0 aliphatic rings. The van der Waals surface area contributed by atoms with Gasteiger partial charge in [0.2, 0.25) is 5.95 Å². The zero-order valence-corrected chi connectivity index (χ0v) is 12.7. The summed E-state index contributed by atoms with van der Waals surface area (Å²) in [5.41, 5.74) is 0. The van der Waals surface area contributed by atoms with Gasteiger partial charge in [0.15, 0.2) is 0 Å². The van der Waals surface area contributed by atoms with Gasteiger partial charge >= 0.3 is 12.0 Å². The summed E-state index contributed by atoms with van der Waals surface area (Å²) in [4.78, 5) is 12.3. The molecule has 0 saturated carbocycles. The molecule has 0 spiro atoms. The van der Waals surface area contributed by atoms with E-state index < -0.39 is 0 Å². The maximum absolute atomic E-state index is 5.65. The molecule has 7 heteroatoms. The Morgan fingerprint density at radius 3 is 2.58 bits per heavy atom. The zero-order chi connectivity index (χ0) is 13.7. The zero-order valence-electron chi connectivity index (χ0n) is 10.6. The number of aromatic nitrogens is 3. The van der Waals surface area contributed by atoms with Gasteiger partial charge in [-0.2, -0.15) is 9.97 Å². The first-order valence-electron chi connectivity index (χ1n) is 5.72. The molecule has 2 aromatic rings. The van der Waals surface area contributed by atoms with Crippen LogP contribution in [0.3, 0.4) is 0 Å². The molecule has 1 aromatic heterocycles. The number of para-hydroxylation sites is 1. The Bertz CT molecular complexity index is 565. The van der Waals surface area contributed by atoms with E-state index in [0.717, 1.165) is 3.57 Å². The molecule has 0 atom stereocenters. The fourth-order valence-corrected chi connectivity index (χ4v) is 1.81. The average Bonchev–Trinajstić information content (AvgIpc) is 2.41. The Kier molecular flexibility index (Phi) is 4.72. The van der Waals surface area contributed by atoms with Crippen LogP contribution in [-0.2, 0) is 0 Å². The minimum atomic E-state index is 0.201. The van der Waals surface area contributed by atoms with Gasteiger partial charge in [0, 0.05) is 7.05 Å². The number of hydrogen-bond donors (Lipinski definition) is 1. The van der Waals surface area contributed by atoms with Gasteiger partial charge in [-0.1, -0.05) is 12.1 Å². The first kappa shape index (κ1) is 13.8. The molecule has 0 unspecified atom stereocenters. The van der Waals surface area contributed by atoms with Crippen molar-refractivity contribution >= 4 is 28.5 Å². The van der Waals surface area contributed by atoms with Gasteiger partial charge in [0.25, 0.3) is 0 Å². The second-order valence-corrected chi connectivity index (χ2v) is 4.60. The van der Waals surface area contributed by atoms with Gasteiger partial charge in [-0.25, -0.2) is 0 Å². The van der Waals surface area contributed by atoms with Gasteiger partial charge in [-0.15, -0.1) is 4.98 Å². The predicted octanol–water partition coefficient (Wildman–Crippen LogP) is 2.71. The smallest absolute Gasteiger partial charge is 0.330 e. The number of anilines is 1. The van der Waals surface area contributed by atoms with E-state index >= 15 is 0 Å². The van der Waals surface area contributed by atoms with Gasteiger partial charge in [-0.3, -0.25) is 0 Å². The highest BCUT2D eigenvalue weighted by atomic mass is 127. The molecule has 1 N–H and O–H groups in total. The van der Waals surface area contributed by atoms with Crippen molar-refractivity contribution in [1.29, 1.82) is 0 Å². The molecule has 0 fully saturated rings. The molecule has 0 radical (unpaired) electrons. The summed E-state index contributed by atoms with van der Waals surface area (Å²) < 4.78 is 11.9. The molecule has 6 nitrogen and oxygen atoms in total. The fourth-order valence-electron chi connectivity index (χ4n) is 1.31. The second-order valence-electron chi connectivity index (χ2n) is 3.44. The highest BCUT2D eigenvalue weighted by molar-refractivity contribution is 14.1. The normalized spacial score (nSPS) is 10.1. The van der Waals surface area contributed by atoms with E-state index in [1.807, 2.05) is 31.2 Å². The van der Waals surface area contributed by atoms with Crippen LogP contribution in [0.5, 0.6) is 17.8 Å². The Morgan fingerprint density at radius 2 is 1.89 bits per heavy atom. The minimum absolute atomic E-state index is 0.201. The van der Waals surface area contributed by atoms with Gasteiger partial charge < -0.3 is 14.8 Å². The van der Waals surface area contributed by atoms with E-state index in [2.05, 4.69) is 42.9 Å². The number of hydrogen-bond acceptors (Lipinski definition) is 6. The summed E-state index contributed by atoms with van der Waals surface area (Å²) in [5.74, 6) is 1.10. The number of nitrogens with one attached hydrogen (secondary N) is 1. The lowest BCUT2D eigenvalue weighted by Gasteiger charge is -2.08. The number of nitrogens with zero attached hydrogens (tertiary/aromatic N) is 3. The first-order valence-corrected chi connectivity index (χ1v) is 6.79. The number of benzene rings is 1. The van der Waals surface area contributed by atoms with Crippen molar-refractivity contribution in [3.05, 3.63) is 27.8 Å². The third kappa shape index (κ3) is 3.66. The Balaban J connectivity index is 2.29. The van der Waals surface area contributed by atoms with Crippen LogP contribution >= 0.6 is 22.6 Å². The van der Waals surface area contributed by atoms with Crippen LogP contribution in [-0.4, -0.2) is 28.6 Å². The van der Waals surface area contributed by atoms with E-state index in [0.29, 0.717) is 18.3 Å². The molecule has 100 valence electrons. The van der Waals surface area contributed by atoms with Crippen LogP contribution in [0.15, 0.2) is 24.3 Å². The van der Waals surface area contributed by atoms with Gasteiger partial charge in [0.1, 0.15) is 5.75 Å². The summed E-state index contributed by atoms with van der Waals surface area (Å²) in [7, 11) is 1.72. The van der Waals surface area contributed by atoms with E-state index in [1.54, 1.807) is 7.05 Å². The van der Waals surface area contributed by atoms with Crippen molar-refractivity contribution in [3.63, 3.8) is 0 Å². The van der Waals surface area contributed by atoms with Crippen LogP contribution in [0.2, 0.25) is 0 Å². The molecule has 1 heterocycles. The van der Waals surface area contributed by atoms with E-state index in [4.69, 9.17) is 9.47 Å². The van der Waals surface area contributed by atoms with Crippen LogP contribution in [0.4, 0.5) is 5.95 Å². The Labute approximate surface area is 124 Å². The molecule has 0 aliphatic carbocycles. The molecular weight excluding hydrogens is 359 g/mol. The molecule has 2 rings (SSSR count). The lowest BCUT2D eigenvalue weighted by atomic mass is 10.3. The quantitative estimate of drug-likeness (QED) is 0.815. The van der Waals surface area contributed by atoms with Crippen molar-refractivity contribution < 1.29 is 9.47 Å². The number of halogens is 1. The highest BCUT2D eigenvalue weighted by Gasteiger charge is 2.09. The molecule has 0 saturated heterocycles. The summed E-state index contributed by atoms with van der Waals surface area (Å²) in [6, 6.07) is 8.06. The third-order valence-corrected chi connectivity index (χ3v) is 3.02. The third-order valence-electron chi connectivity index (χ3n) is 2.13. The van der Waals surface area contributed by atoms with Gasteiger partial charge in [0.05, 0.1) is 10.2 Å². The standard InChI is InChI=1S/C12H13IN4O2/c1-3-18-11-15-10(14-2)16-12(17-11)19-9-7-5-4-6-8(9)13/h4-7H,3H2,1-2H3,(H,14,15,16,17). The van der Waals surface area contributed by atoms with Crippen LogP contribution in [0.1, 0.15) is 6.92 Å². The Hall–Kier alpha value is -1.64. The summed E-state index contributed by atoms with van der Waals surface area (Å²) in [6.45, 7) is 2.35. The van der Waals surface area contributed by atoms with E-state index in [9.17, 15) is 0 Å². The molecule has 0 bridgehead atoms. The lowest BCUT2D eigenvalue weighted by Crippen LogP contribution is -2.05. The largest absolute Gasteiger partial charge is 0.464 e. The van der Waals surface area contributed by atoms with Crippen molar-refractivity contribution in [2.45, 2.75) is 6.92 Å². The van der Waals surface area contributed by atoms with E-state index in [-0.39, 0.29) is 12.0 Å². The molecule has 0 amide bonds. The number of rotatable bonds is 5. The fraction of sp³-hybridized carbons (Fsp3) is 0.250. The van der Waals surface area contributed by atoms with Crippen molar-refractivity contribution in [2.24, 2.45) is 0 Å². The summed E-state index contributed by atoms with van der Waals surface area (Å²) in [5, 5.41) is 2.84. The Morgan fingerprint density at radius 1 is 1.16 bits per heavy atom. The average molecular weight is 372 g/mol. The van der Waals surface area contributed by atoms with Crippen molar-refractivity contribution in [2.75, 3.05) is 19.0 Å². The maximum atomic E-state index is 5.65. The highest BCUT2D eigenvalue weighted by Crippen LogP contribution is 2.25. The number of ether oxygens (including phenoxy) is 2. The predicted molar refractivity (Wildman–Crippen MR) is 79.8 cm³/mol. The topological polar surface area (TPSA) is 69.2 Å². The monoisotopic (exact) mass is 372 g/mol. The maximum Gasteiger partial charge on any atom is 0.330 e. The lowest BCUT2D eigenvalue weighted by molar-refractivity contribution is 0.303. The first-order chi connectivity index (χ1) is 9.22. The van der Waals surface area contributed by atoms with Crippen LogP contribution in [0.25, 0.3) is 0 Å². The van der Waals surface area contributed by atoms with Crippen molar-refractivity contribution in [3.8, 4) is 17.8 Å². The van der Waals surface area contributed by atoms with Crippen LogP contribution < -0.4 is 14.8 Å². The summed E-state index contributed by atoms with van der Waals surface area (Å²) >= 11 is 2.19. The molecule has 19 heavy (non-hydrogen) atoms. The van der Waals surface area contributed by atoms with Crippen molar-refractivity contribution in [1.82, 2.24) is 15.0 Å². The van der Waals surface area contributed by atoms with E-state index in [1.165, 1.54) is 0 Å². The van der Waals surface area contributed by atoms with Crippen LogP contribution in [0, 0.1) is 3.57 Å². The van der Waals surface area contributed by atoms with Gasteiger partial charge in [-0.05, 0) is 41.6 Å². The second kappa shape index (κ2) is 6.50. The molecular formula is C12H13IN4O2. The summed E-state index contributed by atoms with van der Waals surface area (Å²) in [6.07, 6.45) is 0. The molecule has 0 aliphatic heterocycles. The SMILES string of the molecule is CCOc1nc(NC)nc(Oc2ccccc2I)n1. The minimum Gasteiger partial charge on any atom is -0.464 e.